The van der Waals surface area contributed by atoms with Crippen LogP contribution < -0.4 is 5.32 Å². The van der Waals surface area contributed by atoms with Gasteiger partial charge in [0.05, 0.1) is 33.7 Å². The van der Waals surface area contributed by atoms with E-state index >= 15 is 0 Å². The number of fused-ring (bicyclic) bond motifs is 1. The van der Waals surface area contributed by atoms with Gasteiger partial charge < -0.3 is 5.32 Å². The molecule has 0 bridgehead atoms. The lowest BCUT2D eigenvalue weighted by atomic mass is 10.1. The first-order chi connectivity index (χ1) is 14.6. The summed E-state index contributed by atoms with van der Waals surface area (Å²) >= 11 is 3.36. The van der Waals surface area contributed by atoms with Gasteiger partial charge in [0.25, 0.3) is 5.91 Å². The average molecular weight is 493 g/mol. The van der Waals surface area contributed by atoms with E-state index in [0.717, 1.165) is 12.1 Å². The van der Waals surface area contributed by atoms with Crippen molar-refractivity contribution in [1.82, 2.24) is 24.4 Å². The van der Waals surface area contributed by atoms with E-state index in [1.54, 1.807) is 43.1 Å². The van der Waals surface area contributed by atoms with E-state index in [-0.39, 0.29) is 12.2 Å². The zero-order valence-corrected chi connectivity index (χ0v) is 18.0. The van der Waals surface area contributed by atoms with Gasteiger partial charge in [-0.05, 0) is 53.5 Å². The molecule has 0 unspecified atom stereocenters. The lowest BCUT2D eigenvalue weighted by Gasteiger charge is -2.10. The van der Waals surface area contributed by atoms with Crippen molar-refractivity contribution in [2.75, 3.05) is 5.32 Å². The highest BCUT2D eigenvalue weighted by Crippen LogP contribution is 2.30. The van der Waals surface area contributed by atoms with E-state index in [4.69, 9.17) is 0 Å². The van der Waals surface area contributed by atoms with E-state index in [0.29, 0.717) is 32.8 Å². The Kier molecular flexibility index (Phi) is 5.29. The molecule has 0 radical (unpaired) electrons. The molecule has 3 aromatic heterocycles. The Morgan fingerprint density at radius 2 is 1.97 bits per heavy atom. The van der Waals surface area contributed by atoms with Crippen LogP contribution in [0.4, 0.5) is 18.9 Å². The van der Waals surface area contributed by atoms with Gasteiger partial charge in [0.2, 0.25) is 0 Å². The lowest BCUT2D eigenvalue weighted by Crippen LogP contribution is -2.14. The minimum Gasteiger partial charge on any atom is -0.317 e. The highest BCUT2D eigenvalue weighted by Gasteiger charge is 2.30. The van der Waals surface area contributed by atoms with Crippen LogP contribution in [0.15, 0.2) is 47.2 Å². The van der Waals surface area contributed by atoms with Crippen LogP contribution in [0.2, 0.25) is 0 Å². The maximum atomic E-state index is 13.0. The summed E-state index contributed by atoms with van der Waals surface area (Å²) in [5.41, 5.74) is 2.02. The van der Waals surface area contributed by atoms with E-state index < -0.39 is 17.6 Å². The molecule has 0 spiro atoms. The molecule has 0 aliphatic heterocycles. The van der Waals surface area contributed by atoms with Gasteiger partial charge in [0, 0.05) is 12.4 Å². The Morgan fingerprint density at radius 3 is 2.68 bits per heavy atom. The molecule has 4 aromatic rings. The Labute approximate surface area is 183 Å². The predicted octanol–water partition coefficient (Wildman–Crippen LogP) is 4.62. The highest BCUT2D eigenvalue weighted by molar-refractivity contribution is 9.10. The van der Waals surface area contributed by atoms with Gasteiger partial charge in [-0.2, -0.15) is 23.4 Å². The fraction of sp³-hybridized carbons (Fsp3) is 0.200. The molecule has 1 N–H and O–H groups in total. The number of aromatic nitrogens is 5. The predicted molar refractivity (Wildman–Crippen MR) is 111 cm³/mol. The van der Waals surface area contributed by atoms with Gasteiger partial charge in [-0.3, -0.25) is 9.48 Å². The third-order valence-corrected chi connectivity index (χ3v) is 5.49. The number of amides is 1. The number of halogens is 4. The van der Waals surface area contributed by atoms with Crippen LogP contribution in [0.3, 0.4) is 0 Å². The van der Waals surface area contributed by atoms with Crippen LogP contribution in [-0.2, 0) is 12.7 Å². The average Bonchev–Trinajstić information content (AvgIpc) is 3.19. The zero-order chi connectivity index (χ0) is 22.3. The van der Waals surface area contributed by atoms with Crippen molar-refractivity contribution in [3.8, 4) is 0 Å². The monoisotopic (exact) mass is 492 g/mol. The third kappa shape index (κ3) is 4.05. The number of rotatable bonds is 4. The summed E-state index contributed by atoms with van der Waals surface area (Å²) < 4.78 is 42.4. The van der Waals surface area contributed by atoms with Crippen molar-refractivity contribution in [2.24, 2.45) is 0 Å². The van der Waals surface area contributed by atoms with Gasteiger partial charge in [0.1, 0.15) is 0 Å². The molecule has 160 valence electrons. The maximum Gasteiger partial charge on any atom is 0.416 e. The summed E-state index contributed by atoms with van der Waals surface area (Å²) in [5, 5.41) is 11.4. The molecule has 0 atom stereocenters. The highest BCUT2D eigenvalue weighted by atomic mass is 79.9. The first-order valence-electron chi connectivity index (χ1n) is 9.15. The van der Waals surface area contributed by atoms with Crippen LogP contribution in [0, 0.1) is 13.8 Å². The van der Waals surface area contributed by atoms with Gasteiger partial charge >= 0.3 is 6.18 Å². The van der Waals surface area contributed by atoms with Crippen LogP contribution in [0.1, 0.15) is 33.0 Å². The van der Waals surface area contributed by atoms with Crippen LogP contribution >= 0.6 is 15.9 Å². The number of nitrogens with one attached hydrogen (secondary N) is 1. The van der Waals surface area contributed by atoms with E-state index in [1.165, 1.54) is 10.6 Å². The van der Waals surface area contributed by atoms with E-state index in [9.17, 15) is 18.0 Å². The summed E-state index contributed by atoms with van der Waals surface area (Å²) in [6.45, 7) is 3.59. The van der Waals surface area contributed by atoms with E-state index in [2.05, 4.69) is 36.4 Å². The van der Waals surface area contributed by atoms with Crippen molar-refractivity contribution in [1.29, 1.82) is 0 Å². The number of hydrogen-bond donors (Lipinski definition) is 1. The third-order valence-electron chi connectivity index (χ3n) is 4.76. The minimum atomic E-state index is -4.42. The molecule has 0 saturated heterocycles. The largest absolute Gasteiger partial charge is 0.416 e. The van der Waals surface area contributed by atoms with Gasteiger partial charge in [0.15, 0.2) is 11.3 Å². The smallest absolute Gasteiger partial charge is 0.317 e. The number of nitrogens with zero attached hydrogens (tertiary/aromatic N) is 5. The first-order valence-corrected chi connectivity index (χ1v) is 9.95. The maximum absolute atomic E-state index is 13.0. The summed E-state index contributed by atoms with van der Waals surface area (Å²) in [5.74, 6) is -0.456. The fourth-order valence-electron chi connectivity index (χ4n) is 3.23. The van der Waals surface area contributed by atoms with Crippen molar-refractivity contribution < 1.29 is 18.0 Å². The second-order valence-corrected chi connectivity index (χ2v) is 7.70. The topological polar surface area (TPSA) is 77.1 Å². The summed E-state index contributed by atoms with van der Waals surface area (Å²) in [4.78, 5) is 17.0. The Bertz CT molecular complexity index is 1290. The number of carbonyl (C=O) groups excluding carboxylic acids is 1. The second kappa shape index (κ2) is 7.80. The standard InChI is InChI=1S/C20H16BrF3N6O/c1-11-16(26-19(31)17-15(21)18-25-7-4-8-29(18)28-17)12(2)30(27-11)10-13-5-3-6-14(9-13)20(22,23)24/h3-9H,10H2,1-2H3,(H,26,31). The lowest BCUT2D eigenvalue weighted by molar-refractivity contribution is -0.137. The van der Waals surface area contributed by atoms with Crippen LogP contribution in [-0.4, -0.2) is 30.3 Å². The van der Waals surface area contributed by atoms with Gasteiger partial charge in [-0.1, -0.05) is 12.1 Å². The molecular weight excluding hydrogens is 477 g/mol. The van der Waals surface area contributed by atoms with Crippen molar-refractivity contribution >= 4 is 33.2 Å². The molecule has 0 aliphatic carbocycles. The normalized spacial score (nSPS) is 11.8. The number of carbonyl (C=O) groups is 1. The summed E-state index contributed by atoms with van der Waals surface area (Å²) in [7, 11) is 0. The fourth-order valence-corrected chi connectivity index (χ4v) is 3.77. The van der Waals surface area contributed by atoms with Gasteiger partial charge in [-0.25, -0.2) is 9.50 Å². The quantitative estimate of drug-likeness (QED) is 0.450. The number of aryl methyl sites for hydroxylation is 1. The number of hydrogen-bond acceptors (Lipinski definition) is 4. The molecule has 0 aliphatic rings. The van der Waals surface area contributed by atoms with Crippen molar-refractivity contribution in [2.45, 2.75) is 26.6 Å². The summed E-state index contributed by atoms with van der Waals surface area (Å²) in [6, 6.07) is 6.78. The second-order valence-electron chi connectivity index (χ2n) is 6.91. The number of benzene rings is 1. The Morgan fingerprint density at radius 1 is 1.19 bits per heavy atom. The molecule has 3 heterocycles. The molecule has 4 rings (SSSR count). The van der Waals surface area contributed by atoms with E-state index in [1.807, 2.05) is 0 Å². The number of alkyl halides is 3. The Balaban J connectivity index is 1.60. The molecule has 1 aromatic carbocycles. The first kappa shape index (κ1) is 21.0. The zero-order valence-electron chi connectivity index (χ0n) is 16.4. The van der Waals surface area contributed by atoms with Crippen molar-refractivity contribution in [3.63, 3.8) is 0 Å². The molecule has 1 amide bonds. The minimum absolute atomic E-state index is 0.133. The van der Waals surface area contributed by atoms with Crippen LogP contribution in [0.25, 0.3) is 5.65 Å². The van der Waals surface area contributed by atoms with Gasteiger partial charge in [-0.15, -0.1) is 0 Å². The molecule has 7 nitrogen and oxygen atoms in total. The molecule has 0 saturated carbocycles. The number of anilines is 1. The van der Waals surface area contributed by atoms with Crippen molar-refractivity contribution in [3.05, 3.63) is 75.4 Å². The molecule has 31 heavy (non-hydrogen) atoms. The SMILES string of the molecule is Cc1nn(Cc2cccc(C(F)(F)F)c2)c(C)c1NC(=O)c1nn2cccnc2c1Br. The molecular formula is C20H16BrF3N6O. The Hall–Kier alpha value is -3.21. The molecule has 0 fully saturated rings. The summed E-state index contributed by atoms with van der Waals surface area (Å²) in [6.07, 6.45) is -1.15. The molecule has 11 heteroatoms. The van der Waals surface area contributed by atoms with Crippen LogP contribution in [0.5, 0.6) is 0 Å².